The number of benzene rings is 2. The zero-order valence-corrected chi connectivity index (χ0v) is 15.7. The maximum absolute atomic E-state index is 12.7. The molecular formula is C21H25NO5. The second-order valence-electron chi connectivity index (χ2n) is 5.80. The van der Waals surface area contributed by atoms with E-state index in [4.69, 9.17) is 14.2 Å². The minimum atomic E-state index is -0.325. The van der Waals surface area contributed by atoms with Gasteiger partial charge < -0.3 is 19.1 Å². The third-order valence-corrected chi connectivity index (χ3v) is 3.88. The van der Waals surface area contributed by atoms with Crippen LogP contribution in [0.1, 0.15) is 18.9 Å². The molecule has 0 saturated heterocycles. The van der Waals surface area contributed by atoms with Crippen LogP contribution in [0.2, 0.25) is 0 Å². The van der Waals surface area contributed by atoms with Crippen molar-refractivity contribution in [3.05, 3.63) is 60.2 Å². The van der Waals surface area contributed by atoms with Crippen molar-refractivity contribution in [3.63, 3.8) is 0 Å². The molecule has 0 N–H and O–H groups in total. The molecule has 6 nitrogen and oxygen atoms in total. The van der Waals surface area contributed by atoms with E-state index in [1.54, 1.807) is 31.1 Å². The summed E-state index contributed by atoms with van der Waals surface area (Å²) in [6, 6.07) is 16.8. The van der Waals surface area contributed by atoms with Crippen molar-refractivity contribution in [2.24, 2.45) is 0 Å². The van der Waals surface area contributed by atoms with Crippen LogP contribution in [0.5, 0.6) is 11.5 Å². The van der Waals surface area contributed by atoms with E-state index < -0.39 is 0 Å². The normalized spacial score (nSPS) is 10.1. The first-order valence-corrected chi connectivity index (χ1v) is 8.87. The fourth-order valence-electron chi connectivity index (χ4n) is 2.52. The number of carbonyl (C=O) groups excluding carboxylic acids is 2. The average molecular weight is 371 g/mol. The van der Waals surface area contributed by atoms with Gasteiger partial charge in [0.25, 0.3) is 5.91 Å². The van der Waals surface area contributed by atoms with Crippen LogP contribution in [-0.2, 0) is 20.9 Å². The third kappa shape index (κ3) is 6.66. The van der Waals surface area contributed by atoms with Crippen LogP contribution >= 0.6 is 0 Å². The molecule has 0 atom stereocenters. The zero-order valence-electron chi connectivity index (χ0n) is 15.7. The van der Waals surface area contributed by atoms with Gasteiger partial charge in [-0.25, -0.2) is 0 Å². The third-order valence-electron chi connectivity index (χ3n) is 3.88. The van der Waals surface area contributed by atoms with Crippen LogP contribution in [0, 0.1) is 0 Å². The Bertz CT molecular complexity index is 732. The average Bonchev–Trinajstić information content (AvgIpc) is 2.70. The van der Waals surface area contributed by atoms with Gasteiger partial charge in [-0.3, -0.25) is 9.59 Å². The molecule has 2 rings (SSSR count). The lowest BCUT2D eigenvalue weighted by molar-refractivity contribution is -0.144. The van der Waals surface area contributed by atoms with E-state index in [1.165, 1.54) is 0 Å². The molecule has 2 aromatic carbocycles. The van der Waals surface area contributed by atoms with E-state index in [1.807, 2.05) is 42.5 Å². The first kappa shape index (κ1) is 20.3. The summed E-state index contributed by atoms with van der Waals surface area (Å²) in [6.45, 7) is 2.60. The fraction of sp³-hybridized carbons (Fsp3) is 0.333. The summed E-state index contributed by atoms with van der Waals surface area (Å²) in [6.07, 6.45) is 0.140. The molecule has 27 heavy (non-hydrogen) atoms. The molecule has 0 spiro atoms. The van der Waals surface area contributed by atoms with E-state index >= 15 is 0 Å². The molecule has 0 aliphatic rings. The monoisotopic (exact) mass is 371 g/mol. The number of hydrogen-bond acceptors (Lipinski definition) is 5. The van der Waals surface area contributed by atoms with Gasteiger partial charge in [0, 0.05) is 13.1 Å². The van der Waals surface area contributed by atoms with Crippen LogP contribution in [0.15, 0.2) is 54.6 Å². The van der Waals surface area contributed by atoms with Crippen molar-refractivity contribution in [1.82, 2.24) is 4.90 Å². The van der Waals surface area contributed by atoms with Crippen LogP contribution in [0.3, 0.4) is 0 Å². The highest BCUT2D eigenvalue weighted by atomic mass is 16.5. The predicted octanol–water partition coefficient (Wildman–Crippen LogP) is 3.06. The van der Waals surface area contributed by atoms with Gasteiger partial charge in [-0.05, 0) is 24.6 Å². The molecule has 0 fully saturated rings. The van der Waals surface area contributed by atoms with Gasteiger partial charge in [0.1, 0.15) is 0 Å². The molecule has 2 aromatic rings. The summed E-state index contributed by atoms with van der Waals surface area (Å²) in [4.78, 5) is 26.0. The molecular weight excluding hydrogens is 346 g/mol. The summed E-state index contributed by atoms with van der Waals surface area (Å²) < 4.78 is 15.8. The molecule has 144 valence electrons. The summed E-state index contributed by atoms with van der Waals surface area (Å²) in [5, 5.41) is 0. The number of carbonyl (C=O) groups is 2. The molecule has 0 heterocycles. The predicted molar refractivity (Wildman–Crippen MR) is 102 cm³/mol. The van der Waals surface area contributed by atoms with Gasteiger partial charge in [-0.1, -0.05) is 42.5 Å². The highest BCUT2D eigenvalue weighted by molar-refractivity contribution is 5.78. The largest absolute Gasteiger partial charge is 0.493 e. The van der Waals surface area contributed by atoms with Crippen molar-refractivity contribution < 1.29 is 23.8 Å². The number of esters is 1. The summed E-state index contributed by atoms with van der Waals surface area (Å²) >= 11 is 0. The lowest BCUT2D eigenvalue weighted by Gasteiger charge is -2.23. The topological polar surface area (TPSA) is 65.1 Å². The molecule has 1 amide bonds. The van der Waals surface area contributed by atoms with Gasteiger partial charge in [0.15, 0.2) is 18.1 Å². The summed E-state index contributed by atoms with van der Waals surface area (Å²) in [5.74, 6) is 0.521. The van der Waals surface area contributed by atoms with E-state index in [0.717, 1.165) is 5.56 Å². The second-order valence-corrected chi connectivity index (χ2v) is 5.80. The first-order valence-electron chi connectivity index (χ1n) is 8.87. The molecule has 0 aliphatic carbocycles. The molecule has 0 radical (unpaired) electrons. The Morgan fingerprint density at radius 2 is 1.63 bits per heavy atom. The van der Waals surface area contributed by atoms with E-state index in [0.29, 0.717) is 24.7 Å². The van der Waals surface area contributed by atoms with E-state index in [9.17, 15) is 9.59 Å². The van der Waals surface area contributed by atoms with Crippen LogP contribution < -0.4 is 9.47 Å². The lowest BCUT2D eigenvalue weighted by atomic mass is 10.2. The smallest absolute Gasteiger partial charge is 0.307 e. The Kier molecular flexibility index (Phi) is 8.16. The number of amides is 1. The Morgan fingerprint density at radius 3 is 2.30 bits per heavy atom. The number of nitrogens with zero attached hydrogens (tertiary/aromatic N) is 1. The first-order chi connectivity index (χ1) is 13.1. The minimum absolute atomic E-state index is 0.140. The van der Waals surface area contributed by atoms with Crippen LogP contribution in [0.4, 0.5) is 0 Å². The number of methoxy groups -OCH3 is 1. The fourth-order valence-corrected chi connectivity index (χ4v) is 2.52. The molecule has 0 bridgehead atoms. The quantitative estimate of drug-likeness (QED) is 0.601. The molecule has 0 saturated carbocycles. The Labute approximate surface area is 159 Å². The molecule has 6 heteroatoms. The van der Waals surface area contributed by atoms with Gasteiger partial charge in [-0.15, -0.1) is 0 Å². The van der Waals surface area contributed by atoms with Gasteiger partial charge >= 0.3 is 5.97 Å². The van der Waals surface area contributed by atoms with Gasteiger partial charge in [0.2, 0.25) is 0 Å². The van der Waals surface area contributed by atoms with Crippen molar-refractivity contribution in [2.45, 2.75) is 19.9 Å². The highest BCUT2D eigenvalue weighted by Gasteiger charge is 2.17. The standard InChI is InChI=1S/C21H25NO5/c1-3-26-21(24)13-14-22(15-17-9-5-4-6-10-17)20(23)16-27-19-12-8-7-11-18(19)25-2/h4-12H,3,13-16H2,1-2H3. The number of rotatable bonds is 10. The van der Waals surface area contributed by atoms with Crippen molar-refractivity contribution in [3.8, 4) is 11.5 Å². The van der Waals surface area contributed by atoms with E-state index in [2.05, 4.69) is 0 Å². The maximum atomic E-state index is 12.7. The van der Waals surface area contributed by atoms with Crippen molar-refractivity contribution >= 4 is 11.9 Å². The second kappa shape index (κ2) is 10.9. The maximum Gasteiger partial charge on any atom is 0.307 e. The Morgan fingerprint density at radius 1 is 0.963 bits per heavy atom. The Hall–Kier alpha value is -3.02. The number of para-hydroxylation sites is 2. The van der Waals surface area contributed by atoms with Crippen molar-refractivity contribution in [2.75, 3.05) is 26.9 Å². The summed E-state index contributed by atoms with van der Waals surface area (Å²) in [5.41, 5.74) is 0.979. The Balaban J connectivity index is 2.01. The van der Waals surface area contributed by atoms with Gasteiger partial charge in [0.05, 0.1) is 20.1 Å². The minimum Gasteiger partial charge on any atom is -0.493 e. The lowest BCUT2D eigenvalue weighted by Crippen LogP contribution is -2.36. The number of ether oxygens (including phenoxy) is 3. The summed E-state index contributed by atoms with van der Waals surface area (Å²) in [7, 11) is 1.55. The molecule has 0 aromatic heterocycles. The van der Waals surface area contributed by atoms with E-state index in [-0.39, 0.29) is 31.4 Å². The van der Waals surface area contributed by atoms with Crippen LogP contribution in [-0.4, -0.2) is 43.6 Å². The van der Waals surface area contributed by atoms with Crippen molar-refractivity contribution in [1.29, 1.82) is 0 Å². The zero-order chi connectivity index (χ0) is 19.5. The van der Waals surface area contributed by atoms with Crippen LogP contribution in [0.25, 0.3) is 0 Å². The SMILES string of the molecule is CCOC(=O)CCN(Cc1ccccc1)C(=O)COc1ccccc1OC. The number of hydrogen-bond donors (Lipinski definition) is 0. The van der Waals surface area contributed by atoms with Gasteiger partial charge in [-0.2, -0.15) is 0 Å². The highest BCUT2D eigenvalue weighted by Crippen LogP contribution is 2.25. The molecule has 0 unspecified atom stereocenters. The molecule has 0 aliphatic heterocycles.